The summed E-state index contributed by atoms with van der Waals surface area (Å²) in [7, 11) is -0.809. The Morgan fingerprint density at radius 2 is 2.00 bits per heavy atom. The van der Waals surface area contributed by atoms with Gasteiger partial charge in [0.2, 0.25) is 15.9 Å². The average molecular weight is 326 g/mol. The van der Waals surface area contributed by atoms with Crippen molar-refractivity contribution in [2.45, 2.75) is 17.9 Å². The molecule has 1 aromatic heterocycles. The number of hydrogen-bond acceptors (Lipinski definition) is 4. The summed E-state index contributed by atoms with van der Waals surface area (Å²) in [5.74, 6) is -0.364. The number of aromatic nitrogens is 1. The maximum Gasteiger partial charge on any atom is 0.242 e. The number of carbonyl (C=O) groups excluding carboxylic acids is 1. The molecule has 1 atom stereocenters. The second kappa shape index (κ2) is 6.04. The average Bonchev–Trinajstić information content (AvgIpc) is 2.30. The van der Waals surface area contributed by atoms with Gasteiger partial charge in [0.05, 0.1) is 11.1 Å². The summed E-state index contributed by atoms with van der Waals surface area (Å²) in [5, 5.41) is 0.0363. The van der Waals surface area contributed by atoms with E-state index in [9.17, 15) is 13.2 Å². The zero-order valence-corrected chi connectivity index (χ0v) is 12.8. The summed E-state index contributed by atoms with van der Waals surface area (Å²) in [5.41, 5.74) is 0. The Morgan fingerprint density at radius 3 is 2.47 bits per heavy atom. The van der Waals surface area contributed by atoms with E-state index in [0.29, 0.717) is 0 Å². The second-order valence-electron chi connectivity index (χ2n) is 4.02. The van der Waals surface area contributed by atoms with E-state index in [2.05, 4.69) is 9.71 Å². The predicted octanol–water partition coefficient (Wildman–Crippen LogP) is 1.14. The summed E-state index contributed by atoms with van der Waals surface area (Å²) in [6, 6.07) is 0.279. The Hall–Kier alpha value is -0.890. The molecule has 0 bridgehead atoms. The molecule has 6 nitrogen and oxygen atoms in total. The van der Waals surface area contributed by atoms with Crippen LogP contribution in [0.25, 0.3) is 0 Å². The first kappa shape index (κ1) is 16.2. The predicted molar refractivity (Wildman–Crippen MR) is 72.7 cm³/mol. The third-order valence-electron chi connectivity index (χ3n) is 2.22. The van der Waals surface area contributed by atoms with Crippen LogP contribution in [0.1, 0.15) is 6.92 Å². The smallest absolute Gasteiger partial charge is 0.242 e. The van der Waals surface area contributed by atoms with E-state index >= 15 is 0 Å². The minimum atomic E-state index is -3.88. The first-order valence-corrected chi connectivity index (χ1v) is 7.43. The summed E-state index contributed by atoms with van der Waals surface area (Å²) in [6.07, 6.45) is 1.07. The highest BCUT2D eigenvalue weighted by molar-refractivity contribution is 7.89. The summed E-state index contributed by atoms with van der Waals surface area (Å²) < 4.78 is 26.3. The van der Waals surface area contributed by atoms with Crippen molar-refractivity contribution < 1.29 is 13.2 Å². The molecule has 0 aliphatic heterocycles. The SMILES string of the molecule is CC(NS(=O)(=O)c1cnc(Cl)c(Cl)c1)C(=O)N(C)C. The third-order valence-corrected chi connectivity index (χ3v) is 4.42. The lowest BCUT2D eigenvalue weighted by atomic mass is 10.3. The van der Waals surface area contributed by atoms with Gasteiger partial charge >= 0.3 is 0 Å². The Morgan fingerprint density at radius 1 is 1.42 bits per heavy atom. The molecule has 0 fully saturated rings. The number of rotatable bonds is 4. The number of nitrogens with one attached hydrogen (secondary N) is 1. The maximum atomic E-state index is 12.0. The first-order valence-electron chi connectivity index (χ1n) is 5.19. The zero-order chi connectivity index (χ0) is 14.8. The number of halogens is 2. The molecular formula is C10H13Cl2N3O3S. The summed E-state index contributed by atoms with van der Waals surface area (Å²) in [6.45, 7) is 1.45. The highest BCUT2D eigenvalue weighted by Gasteiger charge is 2.23. The van der Waals surface area contributed by atoms with Crippen molar-refractivity contribution in [3.8, 4) is 0 Å². The van der Waals surface area contributed by atoms with Crippen LogP contribution in [-0.4, -0.2) is 44.3 Å². The van der Waals surface area contributed by atoms with Crippen molar-refractivity contribution in [1.82, 2.24) is 14.6 Å². The number of sulfonamides is 1. The van der Waals surface area contributed by atoms with Gasteiger partial charge in [0.1, 0.15) is 10.0 Å². The van der Waals surface area contributed by atoms with Gasteiger partial charge in [0.25, 0.3) is 0 Å². The second-order valence-corrected chi connectivity index (χ2v) is 6.50. The van der Waals surface area contributed by atoms with Crippen LogP contribution in [0.3, 0.4) is 0 Å². The van der Waals surface area contributed by atoms with E-state index in [1.54, 1.807) is 0 Å². The zero-order valence-electron chi connectivity index (χ0n) is 10.5. The van der Waals surface area contributed by atoms with Crippen LogP contribution in [0, 0.1) is 0 Å². The molecule has 0 spiro atoms. The van der Waals surface area contributed by atoms with Crippen molar-refractivity contribution in [1.29, 1.82) is 0 Å². The molecule has 1 N–H and O–H groups in total. The number of likely N-dealkylation sites (N-methyl/N-ethyl adjacent to an activating group) is 1. The number of amides is 1. The molecule has 106 valence electrons. The van der Waals surface area contributed by atoms with Crippen molar-refractivity contribution in [2.24, 2.45) is 0 Å². The van der Waals surface area contributed by atoms with Crippen LogP contribution in [0.4, 0.5) is 0 Å². The molecule has 0 aromatic carbocycles. The van der Waals surface area contributed by atoms with Gasteiger partial charge in [0, 0.05) is 20.3 Å². The van der Waals surface area contributed by atoms with Gasteiger partial charge in [-0.05, 0) is 13.0 Å². The summed E-state index contributed by atoms with van der Waals surface area (Å²) in [4.78, 5) is 16.4. The number of carbonyl (C=O) groups is 1. The molecule has 0 saturated carbocycles. The van der Waals surface area contributed by atoms with E-state index < -0.39 is 16.1 Å². The van der Waals surface area contributed by atoms with E-state index in [1.807, 2.05) is 0 Å². The van der Waals surface area contributed by atoms with Crippen LogP contribution < -0.4 is 4.72 Å². The Labute approximate surface area is 121 Å². The quantitative estimate of drug-likeness (QED) is 0.842. The molecule has 0 aliphatic carbocycles. The lowest BCUT2D eigenvalue weighted by Crippen LogP contribution is -2.44. The van der Waals surface area contributed by atoms with Crippen LogP contribution in [0.2, 0.25) is 10.2 Å². The van der Waals surface area contributed by atoms with Crippen molar-refractivity contribution in [3.63, 3.8) is 0 Å². The van der Waals surface area contributed by atoms with Gasteiger partial charge in [-0.25, -0.2) is 13.4 Å². The van der Waals surface area contributed by atoms with Gasteiger partial charge in [-0.3, -0.25) is 4.79 Å². The van der Waals surface area contributed by atoms with Crippen LogP contribution >= 0.6 is 23.2 Å². The van der Waals surface area contributed by atoms with Gasteiger partial charge in [-0.15, -0.1) is 0 Å². The molecule has 1 rings (SSSR count). The third kappa shape index (κ3) is 4.04. The standard InChI is InChI=1S/C10H13Cl2N3O3S/c1-6(10(16)15(2)3)14-19(17,18)7-4-8(11)9(12)13-5-7/h4-6,14H,1-3H3. The van der Waals surface area contributed by atoms with E-state index in [-0.39, 0.29) is 21.0 Å². The fourth-order valence-electron chi connectivity index (χ4n) is 1.29. The Balaban J connectivity index is 2.99. The lowest BCUT2D eigenvalue weighted by Gasteiger charge is -2.18. The minimum absolute atomic E-state index is 0.0121. The summed E-state index contributed by atoms with van der Waals surface area (Å²) >= 11 is 11.3. The van der Waals surface area contributed by atoms with Crippen LogP contribution in [0.5, 0.6) is 0 Å². The number of nitrogens with zero attached hydrogens (tertiary/aromatic N) is 2. The number of hydrogen-bond donors (Lipinski definition) is 1. The van der Waals surface area contributed by atoms with Gasteiger partial charge in [-0.1, -0.05) is 23.2 Å². The van der Waals surface area contributed by atoms with E-state index in [4.69, 9.17) is 23.2 Å². The first-order chi connectivity index (χ1) is 8.65. The molecule has 1 unspecified atom stereocenters. The topological polar surface area (TPSA) is 79.4 Å². The van der Waals surface area contributed by atoms with Crippen molar-refractivity contribution >= 4 is 39.1 Å². The highest BCUT2D eigenvalue weighted by Crippen LogP contribution is 2.22. The molecule has 1 aromatic rings. The molecule has 0 saturated heterocycles. The molecule has 9 heteroatoms. The van der Waals surface area contributed by atoms with E-state index in [0.717, 1.165) is 6.20 Å². The fourth-order valence-corrected chi connectivity index (χ4v) is 2.79. The molecule has 0 aliphatic rings. The monoisotopic (exact) mass is 325 g/mol. The molecule has 1 heterocycles. The Kier molecular flexibility index (Phi) is 5.14. The van der Waals surface area contributed by atoms with Crippen molar-refractivity contribution in [2.75, 3.05) is 14.1 Å². The van der Waals surface area contributed by atoms with E-state index in [1.165, 1.54) is 32.0 Å². The fraction of sp³-hybridized carbons (Fsp3) is 0.400. The lowest BCUT2D eigenvalue weighted by molar-refractivity contribution is -0.130. The molecule has 0 radical (unpaired) electrons. The van der Waals surface area contributed by atoms with Crippen LogP contribution in [0.15, 0.2) is 17.2 Å². The largest absolute Gasteiger partial charge is 0.347 e. The van der Waals surface area contributed by atoms with Gasteiger partial charge in [0.15, 0.2) is 0 Å². The molecule has 1 amide bonds. The Bertz CT molecular complexity index is 590. The van der Waals surface area contributed by atoms with Crippen LogP contribution in [-0.2, 0) is 14.8 Å². The normalized spacial score (nSPS) is 13.1. The van der Waals surface area contributed by atoms with Crippen molar-refractivity contribution in [3.05, 3.63) is 22.4 Å². The number of pyridine rings is 1. The molecular weight excluding hydrogens is 313 g/mol. The highest BCUT2D eigenvalue weighted by atomic mass is 35.5. The van der Waals surface area contributed by atoms with Gasteiger partial charge < -0.3 is 4.90 Å². The van der Waals surface area contributed by atoms with Gasteiger partial charge in [-0.2, -0.15) is 4.72 Å². The minimum Gasteiger partial charge on any atom is -0.347 e. The maximum absolute atomic E-state index is 12.0. The molecule has 19 heavy (non-hydrogen) atoms.